The number of halogens is 1. The summed E-state index contributed by atoms with van der Waals surface area (Å²) in [6, 6.07) is 0. The van der Waals surface area contributed by atoms with E-state index in [1.807, 2.05) is 0 Å². The van der Waals surface area contributed by atoms with Gasteiger partial charge >= 0.3 is 0 Å². The zero-order valence-electron chi connectivity index (χ0n) is 4.06. The van der Waals surface area contributed by atoms with Crippen molar-refractivity contribution >= 4 is 12.3 Å². The van der Waals surface area contributed by atoms with Crippen molar-refractivity contribution in [2.75, 3.05) is 13.1 Å². The first kappa shape index (κ1) is 5.38. The molecule has 3 heteroatoms. The van der Waals surface area contributed by atoms with Gasteiger partial charge in [-0.15, -0.1) is 3.89 Å². The molecule has 1 fully saturated rings. The summed E-state index contributed by atoms with van der Waals surface area (Å²) in [4.78, 5) is 0. The summed E-state index contributed by atoms with van der Waals surface area (Å²) >= 11 is 0.366. The van der Waals surface area contributed by atoms with Gasteiger partial charge in [-0.1, -0.05) is 0 Å². The Kier molecular flexibility index (Phi) is 1.94. The fraction of sp³-hybridized carbons (Fsp3) is 1.00. The fourth-order valence-electron chi connectivity index (χ4n) is 0.757. The molecule has 7 heavy (non-hydrogen) atoms. The monoisotopic (exact) mass is 121 g/mol. The topological polar surface area (TPSA) is 3.24 Å². The minimum absolute atomic E-state index is 0.366. The number of nitrogens with zero attached hydrogens (tertiary/aromatic N) is 1. The fourth-order valence-corrected chi connectivity index (χ4v) is 1.15. The van der Waals surface area contributed by atoms with E-state index in [4.69, 9.17) is 0 Å². The third kappa shape index (κ3) is 1.31. The number of hydrogen-bond donors (Lipinski definition) is 0. The molecule has 1 saturated heterocycles. The number of hydrogen-bond acceptors (Lipinski definition) is 2. The molecular formula is C4H8FNS. The molecule has 0 bridgehead atoms. The SMILES string of the molecule is FSN1CCCC1. The van der Waals surface area contributed by atoms with E-state index in [0.717, 1.165) is 25.9 Å². The highest BCUT2D eigenvalue weighted by atomic mass is 32.2. The van der Waals surface area contributed by atoms with Crippen molar-refractivity contribution in [2.45, 2.75) is 12.8 Å². The summed E-state index contributed by atoms with van der Waals surface area (Å²) in [7, 11) is 0. The second-order valence-electron chi connectivity index (χ2n) is 1.71. The zero-order chi connectivity index (χ0) is 5.11. The summed E-state index contributed by atoms with van der Waals surface area (Å²) in [5.74, 6) is 0. The second kappa shape index (κ2) is 2.52. The Balaban J connectivity index is 2.14. The van der Waals surface area contributed by atoms with Crippen LogP contribution in [-0.4, -0.2) is 17.4 Å². The first-order chi connectivity index (χ1) is 3.43. The van der Waals surface area contributed by atoms with E-state index < -0.39 is 0 Å². The van der Waals surface area contributed by atoms with Gasteiger partial charge in [0.2, 0.25) is 0 Å². The van der Waals surface area contributed by atoms with E-state index in [2.05, 4.69) is 0 Å². The molecule has 1 aliphatic rings. The van der Waals surface area contributed by atoms with Gasteiger partial charge in [0.25, 0.3) is 0 Å². The summed E-state index contributed by atoms with van der Waals surface area (Å²) in [6.07, 6.45) is 2.33. The van der Waals surface area contributed by atoms with Crippen LogP contribution in [0.1, 0.15) is 12.8 Å². The van der Waals surface area contributed by atoms with Crippen molar-refractivity contribution in [2.24, 2.45) is 0 Å². The lowest BCUT2D eigenvalue weighted by molar-refractivity contribution is 0.565. The molecule has 1 heterocycles. The van der Waals surface area contributed by atoms with Gasteiger partial charge in [0.05, 0.1) is 0 Å². The molecule has 0 radical (unpaired) electrons. The summed E-state index contributed by atoms with van der Waals surface area (Å²) in [5.41, 5.74) is 0. The van der Waals surface area contributed by atoms with Crippen molar-refractivity contribution in [3.8, 4) is 0 Å². The van der Waals surface area contributed by atoms with Gasteiger partial charge in [-0.05, 0) is 12.8 Å². The zero-order valence-corrected chi connectivity index (χ0v) is 4.88. The normalized spacial score (nSPS) is 23.6. The minimum Gasteiger partial charge on any atom is -0.222 e. The molecule has 0 spiro atoms. The second-order valence-corrected chi connectivity index (χ2v) is 2.36. The molecule has 42 valence electrons. The van der Waals surface area contributed by atoms with Crippen molar-refractivity contribution in [3.63, 3.8) is 0 Å². The maximum Gasteiger partial charge on any atom is 0.134 e. The van der Waals surface area contributed by atoms with E-state index in [9.17, 15) is 3.89 Å². The lowest BCUT2D eigenvalue weighted by Gasteiger charge is -2.02. The lowest BCUT2D eigenvalue weighted by Crippen LogP contribution is -2.05. The van der Waals surface area contributed by atoms with E-state index in [1.54, 1.807) is 4.31 Å². The molecule has 0 saturated carbocycles. The van der Waals surface area contributed by atoms with Crippen LogP contribution in [0.5, 0.6) is 0 Å². The Hall–Kier alpha value is 0.240. The van der Waals surface area contributed by atoms with Crippen LogP contribution in [0, 0.1) is 0 Å². The van der Waals surface area contributed by atoms with E-state index in [1.165, 1.54) is 0 Å². The van der Waals surface area contributed by atoms with Crippen LogP contribution in [0.15, 0.2) is 0 Å². The quantitative estimate of drug-likeness (QED) is 0.485. The summed E-state index contributed by atoms with van der Waals surface area (Å²) in [6.45, 7) is 1.86. The molecule has 0 N–H and O–H groups in total. The molecule has 0 unspecified atom stereocenters. The molecule has 0 aromatic rings. The van der Waals surface area contributed by atoms with Gasteiger partial charge in [-0.3, -0.25) is 0 Å². The molecule has 0 aromatic heterocycles. The van der Waals surface area contributed by atoms with Crippen LogP contribution in [0.3, 0.4) is 0 Å². The molecule has 0 atom stereocenters. The number of rotatable bonds is 1. The van der Waals surface area contributed by atoms with Crippen LogP contribution in [-0.2, 0) is 0 Å². The highest BCUT2D eigenvalue weighted by molar-refractivity contribution is 7.91. The van der Waals surface area contributed by atoms with Gasteiger partial charge in [0.1, 0.15) is 12.3 Å². The molecule has 1 rings (SSSR count). The summed E-state index contributed by atoms with van der Waals surface area (Å²) < 4.78 is 13.3. The van der Waals surface area contributed by atoms with Crippen molar-refractivity contribution in [1.82, 2.24) is 4.31 Å². The first-order valence-electron chi connectivity index (χ1n) is 2.47. The van der Waals surface area contributed by atoms with Crippen LogP contribution in [0.2, 0.25) is 0 Å². The van der Waals surface area contributed by atoms with E-state index >= 15 is 0 Å². The molecule has 0 aromatic carbocycles. The standard InChI is InChI=1S/C4H8FNS/c5-7-6-3-1-2-4-6/h1-4H2. The Morgan fingerprint density at radius 1 is 1.29 bits per heavy atom. The Bertz CT molecular complexity index is 53.7. The van der Waals surface area contributed by atoms with Crippen LogP contribution >= 0.6 is 12.3 Å². The lowest BCUT2D eigenvalue weighted by atomic mass is 10.4. The Morgan fingerprint density at radius 3 is 2.14 bits per heavy atom. The smallest absolute Gasteiger partial charge is 0.134 e. The van der Waals surface area contributed by atoms with Gasteiger partial charge in [-0.2, -0.15) is 0 Å². The third-order valence-electron chi connectivity index (χ3n) is 1.16. The Labute approximate surface area is 47.3 Å². The van der Waals surface area contributed by atoms with Crippen molar-refractivity contribution < 1.29 is 3.89 Å². The molecular weight excluding hydrogens is 113 g/mol. The first-order valence-corrected chi connectivity index (χ1v) is 3.14. The van der Waals surface area contributed by atoms with E-state index in [-0.39, 0.29) is 0 Å². The highest BCUT2D eigenvalue weighted by Crippen LogP contribution is 2.17. The predicted octanol–water partition coefficient (Wildman–Crippen LogP) is 1.61. The predicted molar refractivity (Wildman–Crippen MR) is 29.5 cm³/mol. The largest absolute Gasteiger partial charge is 0.222 e. The maximum absolute atomic E-state index is 11.5. The van der Waals surface area contributed by atoms with Crippen LogP contribution in [0.25, 0.3) is 0 Å². The van der Waals surface area contributed by atoms with Crippen LogP contribution < -0.4 is 0 Å². The molecule has 0 amide bonds. The average molecular weight is 121 g/mol. The van der Waals surface area contributed by atoms with Crippen molar-refractivity contribution in [3.05, 3.63) is 0 Å². The highest BCUT2D eigenvalue weighted by Gasteiger charge is 2.10. The third-order valence-corrected chi connectivity index (χ3v) is 1.72. The summed E-state index contributed by atoms with van der Waals surface area (Å²) in [5, 5.41) is 0. The minimum atomic E-state index is 0.366. The van der Waals surface area contributed by atoms with Gasteiger partial charge in [-0.25, -0.2) is 4.31 Å². The molecule has 1 nitrogen and oxygen atoms in total. The van der Waals surface area contributed by atoms with Gasteiger partial charge < -0.3 is 0 Å². The van der Waals surface area contributed by atoms with Gasteiger partial charge in [0, 0.05) is 13.1 Å². The Morgan fingerprint density at radius 2 is 1.86 bits per heavy atom. The molecule has 1 aliphatic heterocycles. The average Bonchev–Trinajstić information content (AvgIpc) is 2.14. The van der Waals surface area contributed by atoms with Gasteiger partial charge in [0.15, 0.2) is 0 Å². The maximum atomic E-state index is 11.5. The van der Waals surface area contributed by atoms with Crippen molar-refractivity contribution in [1.29, 1.82) is 0 Å². The van der Waals surface area contributed by atoms with E-state index in [0.29, 0.717) is 12.3 Å². The van der Waals surface area contributed by atoms with Crippen LogP contribution in [0.4, 0.5) is 3.89 Å². The molecule has 0 aliphatic carbocycles.